The molecule has 24 heavy (non-hydrogen) atoms. The van der Waals surface area contributed by atoms with Crippen LogP contribution in [0.5, 0.6) is 0 Å². The van der Waals surface area contributed by atoms with Gasteiger partial charge in [0.05, 0.1) is 18.0 Å². The summed E-state index contributed by atoms with van der Waals surface area (Å²) >= 11 is 0. The third kappa shape index (κ3) is 2.83. The zero-order valence-electron chi connectivity index (χ0n) is 13.7. The molecule has 0 aliphatic carbocycles. The lowest BCUT2D eigenvalue weighted by Crippen LogP contribution is -2.38. The number of sulfonamides is 1. The van der Waals surface area contributed by atoms with Crippen molar-refractivity contribution >= 4 is 15.9 Å². The number of fused-ring (bicyclic) bond motifs is 1. The fourth-order valence-corrected chi connectivity index (χ4v) is 4.42. The van der Waals surface area contributed by atoms with E-state index in [1.807, 2.05) is 12.1 Å². The van der Waals surface area contributed by atoms with Crippen LogP contribution in [0.25, 0.3) is 0 Å². The second-order valence-corrected chi connectivity index (χ2v) is 7.41. The maximum Gasteiger partial charge on any atom is 0.267 e. The molecule has 0 saturated carbocycles. The normalized spacial score (nSPS) is 17.4. The van der Waals surface area contributed by atoms with Gasteiger partial charge in [0.2, 0.25) is 0 Å². The topological polar surface area (TPSA) is 90.3 Å². The second kappa shape index (κ2) is 6.03. The number of nitrogens with one attached hydrogen (secondary N) is 1. The predicted molar refractivity (Wildman–Crippen MR) is 86.8 cm³/mol. The average molecular weight is 349 g/mol. The number of hydrogen-bond acceptors (Lipinski definition) is 5. The van der Waals surface area contributed by atoms with Crippen LogP contribution in [0.2, 0.25) is 0 Å². The summed E-state index contributed by atoms with van der Waals surface area (Å²) in [4.78, 5) is 12.6. The van der Waals surface area contributed by atoms with Crippen LogP contribution in [0.4, 0.5) is 0 Å². The molecule has 0 radical (unpaired) electrons. The van der Waals surface area contributed by atoms with Gasteiger partial charge in [-0.2, -0.15) is 5.10 Å². The summed E-state index contributed by atoms with van der Waals surface area (Å²) in [5.41, 5.74) is 2.52. The first-order valence-electron chi connectivity index (χ1n) is 7.57. The molecule has 0 saturated heterocycles. The highest BCUT2D eigenvalue weighted by molar-refractivity contribution is 7.90. The molecule has 1 atom stereocenters. The molecule has 2 aromatic rings. The van der Waals surface area contributed by atoms with Gasteiger partial charge < -0.3 is 4.74 Å². The van der Waals surface area contributed by atoms with E-state index in [0.29, 0.717) is 30.0 Å². The average Bonchev–Trinajstić information content (AvgIpc) is 2.79. The first-order valence-corrected chi connectivity index (χ1v) is 9.06. The minimum absolute atomic E-state index is 0.0300. The van der Waals surface area contributed by atoms with E-state index >= 15 is 0 Å². The van der Waals surface area contributed by atoms with Gasteiger partial charge in [-0.15, -0.1) is 0 Å². The Balaban J connectivity index is 1.90. The molecule has 2 heterocycles. The molecule has 7 nitrogen and oxygen atoms in total. The second-order valence-electron chi connectivity index (χ2n) is 5.79. The number of hydrogen-bond donors (Lipinski definition) is 1. The number of carbonyl (C=O) groups is 1. The molecule has 3 rings (SSSR count). The molecule has 8 heteroatoms. The smallest absolute Gasteiger partial charge is 0.267 e. The van der Waals surface area contributed by atoms with Gasteiger partial charge in [-0.3, -0.25) is 9.48 Å². The summed E-state index contributed by atoms with van der Waals surface area (Å²) in [5.74, 6) is -0.690. The predicted octanol–water partition coefficient (Wildman–Crippen LogP) is 1.16. The van der Waals surface area contributed by atoms with Crippen molar-refractivity contribution in [2.24, 2.45) is 7.05 Å². The van der Waals surface area contributed by atoms with Gasteiger partial charge in [0.15, 0.2) is 6.10 Å². The highest BCUT2D eigenvalue weighted by Gasteiger charge is 2.32. The lowest BCUT2D eigenvalue weighted by Gasteiger charge is -2.25. The van der Waals surface area contributed by atoms with E-state index in [-0.39, 0.29) is 4.90 Å². The van der Waals surface area contributed by atoms with Crippen LogP contribution in [-0.2, 0) is 33.0 Å². The number of aryl methyl sites for hydroxylation is 2. The molecule has 0 bridgehead atoms. The number of nitrogens with zero attached hydrogens (tertiary/aromatic N) is 2. The number of aromatic nitrogens is 2. The summed E-state index contributed by atoms with van der Waals surface area (Å²) in [7, 11) is -2.36. The molecular weight excluding hydrogens is 330 g/mol. The SMILES string of the molecule is Cc1nn(C)c(C)c1S(=O)(=O)NC(=O)[C@@H]1OCCc2ccccc21. The van der Waals surface area contributed by atoms with Gasteiger partial charge in [0.25, 0.3) is 15.9 Å². The molecule has 1 aliphatic heterocycles. The first kappa shape index (κ1) is 16.7. The van der Waals surface area contributed by atoms with Gasteiger partial charge in [0, 0.05) is 7.05 Å². The Morgan fingerprint density at radius 1 is 1.33 bits per heavy atom. The lowest BCUT2D eigenvalue weighted by molar-refractivity contribution is -0.132. The summed E-state index contributed by atoms with van der Waals surface area (Å²) in [6, 6.07) is 7.39. The van der Waals surface area contributed by atoms with Gasteiger partial charge in [-0.25, -0.2) is 13.1 Å². The largest absolute Gasteiger partial charge is 0.363 e. The number of rotatable bonds is 3. The molecule has 1 amide bonds. The van der Waals surface area contributed by atoms with E-state index in [1.54, 1.807) is 33.0 Å². The summed E-state index contributed by atoms with van der Waals surface area (Å²) < 4.78 is 34.3. The molecule has 1 aromatic heterocycles. The van der Waals surface area contributed by atoms with E-state index < -0.39 is 22.0 Å². The Morgan fingerprint density at radius 3 is 2.71 bits per heavy atom. The fraction of sp³-hybridized carbons (Fsp3) is 0.375. The monoisotopic (exact) mass is 349 g/mol. The van der Waals surface area contributed by atoms with E-state index in [9.17, 15) is 13.2 Å². The van der Waals surface area contributed by atoms with Crippen molar-refractivity contribution in [2.45, 2.75) is 31.3 Å². The molecule has 0 spiro atoms. The van der Waals surface area contributed by atoms with E-state index in [1.165, 1.54) is 4.68 Å². The lowest BCUT2D eigenvalue weighted by atomic mass is 9.97. The van der Waals surface area contributed by atoms with Crippen molar-refractivity contribution in [3.63, 3.8) is 0 Å². The molecule has 0 unspecified atom stereocenters. The van der Waals surface area contributed by atoms with Crippen molar-refractivity contribution in [1.29, 1.82) is 0 Å². The highest BCUT2D eigenvalue weighted by atomic mass is 32.2. The van der Waals surface area contributed by atoms with Crippen LogP contribution in [0.15, 0.2) is 29.2 Å². The van der Waals surface area contributed by atoms with Crippen molar-refractivity contribution in [1.82, 2.24) is 14.5 Å². The van der Waals surface area contributed by atoms with Crippen molar-refractivity contribution < 1.29 is 17.9 Å². The van der Waals surface area contributed by atoms with Gasteiger partial charge in [-0.05, 0) is 31.4 Å². The molecule has 1 N–H and O–H groups in total. The van der Waals surface area contributed by atoms with Crippen LogP contribution >= 0.6 is 0 Å². The van der Waals surface area contributed by atoms with Crippen LogP contribution in [0.1, 0.15) is 28.6 Å². The maximum absolute atomic E-state index is 12.6. The summed E-state index contributed by atoms with van der Waals surface area (Å²) in [5, 5.41) is 4.09. The van der Waals surface area contributed by atoms with Crippen LogP contribution in [0, 0.1) is 13.8 Å². The van der Waals surface area contributed by atoms with Crippen molar-refractivity contribution in [2.75, 3.05) is 6.61 Å². The zero-order chi connectivity index (χ0) is 17.5. The van der Waals surface area contributed by atoms with Gasteiger partial charge >= 0.3 is 0 Å². The van der Waals surface area contributed by atoms with Crippen molar-refractivity contribution in [3.05, 3.63) is 46.8 Å². The zero-order valence-corrected chi connectivity index (χ0v) is 14.6. The molecule has 1 aliphatic rings. The Kier molecular flexibility index (Phi) is 4.18. The number of ether oxygens (including phenoxy) is 1. The Bertz CT molecular complexity index is 902. The molecule has 1 aromatic carbocycles. The summed E-state index contributed by atoms with van der Waals surface area (Å²) in [6.45, 7) is 3.62. The van der Waals surface area contributed by atoms with Crippen LogP contribution in [0.3, 0.4) is 0 Å². The van der Waals surface area contributed by atoms with Crippen molar-refractivity contribution in [3.8, 4) is 0 Å². The van der Waals surface area contributed by atoms with Gasteiger partial charge in [0.1, 0.15) is 4.90 Å². The Labute approximate surface area is 140 Å². The van der Waals surface area contributed by atoms with Crippen LogP contribution in [-0.4, -0.2) is 30.7 Å². The van der Waals surface area contributed by atoms with E-state index in [4.69, 9.17) is 4.74 Å². The van der Waals surface area contributed by atoms with E-state index in [0.717, 1.165) is 5.56 Å². The quantitative estimate of drug-likeness (QED) is 0.898. The molecule has 128 valence electrons. The highest BCUT2D eigenvalue weighted by Crippen LogP contribution is 2.28. The number of benzene rings is 1. The Hall–Kier alpha value is -2.19. The van der Waals surface area contributed by atoms with Crippen LogP contribution < -0.4 is 4.72 Å². The minimum atomic E-state index is -4.01. The van der Waals surface area contributed by atoms with Gasteiger partial charge in [-0.1, -0.05) is 24.3 Å². The minimum Gasteiger partial charge on any atom is -0.363 e. The third-order valence-electron chi connectivity index (χ3n) is 4.18. The standard InChI is InChI=1S/C16H19N3O4S/c1-10-15(11(2)19(3)17-10)24(21,22)18-16(20)14-13-7-5-4-6-12(13)8-9-23-14/h4-7,14H,8-9H2,1-3H3,(H,18,20)/t14-/m1/s1. The third-order valence-corrected chi connectivity index (χ3v) is 5.78. The number of carbonyl (C=O) groups excluding carboxylic acids is 1. The molecular formula is C16H19N3O4S. The maximum atomic E-state index is 12.6. The number of amides is 1. The Morgan fingerprint density at radius 2 is 2.04 bits per heavy atom. The first-order chi connectivity index (χ1) is 11.3. The summed E-state index contributed by atoms with van der Waals surface area (Å²) in [6.07, 6.45) is -0.227. The fourth-order valence-electron chi connectivity index (χ4n) is 2.99. The van der Waals surface area contributed by atoms with E-state index in [2.05, 4.69) is 9.82 Å². The molecule has 0 fully saturated rings.